The first-order valence-electron chi connectivity index (χ1n) is 5.46. The number of likely N-dealkylation sites (N-methyl/N-ethyl adjacent to an activating group) is 1. The van der Waals surface area contributed by atoms with Gasteiger partial charge in [-0.1, -0.05) is 0 Å². The van der Waals surface area contributed by atoms with Gasteiger partial charge in [-0.3, -0.25) is 0 Å². The zero-order valence-corrected chi connectivity index (χ0v) is 9.71. The third kappa shape index (κ3) is 2.09. The SMILES string of the molecule is CNC[C@@H](O)[C@H]1O[C@@H]2OC(C)(C)O[C@@H]2[C@H]1O. The van der Waals surface area contributed by atoms with Crippen molar-refractivity contribution < 1.29 is 24.4 Å². The Bertz CT molecular complexity index is 260. The highest BCUT2D eigenvalue weighted by atomic mass is 16.8. The second-order valence-electron chi connectivity index (χ2n) is 4.68. The molecular formula is C10H19NO5. The van der Waals surface area contributed by atoms with Crippen LogP contribution in [-0.2, 0) is 14.2 Å². The summed E-state index contributed by atoms with van der Waals surface area (Å²) in [5, 5.41) is 22.5. The van der Waals surface area contributed by atoms with E-state index in [-0.39, 0.29) is 0 Å². The highest BCUT2D eigenvalue weighted by molar-refractivity contribution is 4.95. The maximum atomic E-state index is 9.97. The number of rotatable bonds is 3. The molecule has 0 aliphatic carbocycles. The van der Waals surface area contributed by atoms with E-state index in [4.69, 9.17) is 14.2 Å². The van der Waals surface area contributed by atoms with Gasteiger partial charge in [-0.15, -0.1) is 0 Å². The van der Waals surface area contributed by atoms with Crippen LogP contribution < -0.4 is 5.32 Å². The lowest BCUT2D eigenvalue weighted by molar-refractivity contribution is -0.225. The summed E-state index contributed by atoms with van der Waals surface area (Å²) < 4.78 is 16.4. The molecule has 2 aliphatic rings. The van der Waals surface area contributed by atoms with Crippen LogP contribution in [0, 0.1) is 0 Å². The summed E-state index contributed by atoms with van der Waals surface area (Å²) in [6, 6.07) is 0. The number of hydrogen-bond donors (Lipinski definition) is 3. The van der Waals surface area contributed by atoms with Gasteiger partial charge >= 0.3 is 0 Å². The Balaban J connectivity index is 1.99. The molecule has 0 unspecified atom stereocenters. The van der Waals surface area contributed by atoms with Crippen LogP contribution in [0.4, 0.5) is 0 Å². The van der Waals surface area contributed by atoms with Crippen LogP contribution in [0.5, 0.6) is 0 Å². The molecule has 2 fully saturated rings. The second kappa shape index (κ2) is 4.21. The Labute approximate surface area is 94.5 Å². The third-order valence-corrected chi connectivity index (χ3v) is 2.85. The molecule has 3 N–H and O–H groups in total. The van der Waals surface area contributed by atoms with Gasteiger partial charge in [0.05, 0.1) is 6.10 Å². The fourth-order valence-corrected chi connectivity index (χ4v) is 2.16. The fourth-order valence-electron chi connectivity index (χ4n) is 2.16. The standard InChI is InChI=1S/C10H19NO5/c1-10(2)15-8-6(13)7(5(12)4-11-3)14-9(8)16-10/h5-9,11-13H,4H2,1-3H3/t5-,6+,7-,8-,9-/m1/s1. The van der Waals surface area contributed by atoms with Gasteiger partial charge in [0.15, 0.2) is 12.1 Å². The predicted octanol–water partition coefficient (Wildman–Crippen LogP) is -1.20. The Kier molecular flexibility index (Phi) is 3.22. The van der Waals surface area contributed by atoms with Crippen LogP contribution in [-0.4, -0.2) is 60.3 Å². The molecule has 16 heavy (non-hydrogen) atoms. The zero-order valence-electron chi connectivity index (χ0n) is 9.71. The number of nitrogens with one attached hydrogen (secondary N) is 1. The van der Waals surface area contributed by atoms with Crippen molar-refractivity contribution in [2.75, 3.05) is 13.6 Å². The first-order chi connectivity index (χ1) is 7.44. The van der Waals surface area contributed by atoms with Crippen LogP contribution in [0.1, 0.15) is 13.8 Å². The van der Waals surface area contributed by atoms with Gasteiger partial charge in [0.2, 0.25) is 0 Å². The number of aliphatic hydroxyl groups excluding tert-OH is 2. The van der Waals surface area contributed by atoms with Gasteiger partial charge in [0.1, 0.15) is 18.3 Å². The summed E-state index contributed by atoms with van der Waals surface area (Å²) in [4.78, 5) is 0. The molecule has 0 aromatic rings. The molecule has 2 rings (SSSR count). The quantitative estimate of drug-likeness (QED) is 0.568. The van der Waals surface area contributed by atoms with Crippen molar-refractivity contribution in [1.29, 1.82) is 0 Å². The predicted molar refractivity (Wildman–Crippen MR) is 54.6 cm³/mol. The van der Waals surface area contributed by atoms with Gasteiger partial charge in [-0.25, -0.2) is 0 Å². The summed E-state index contributed by atoms with van der Waals surface area (Å²) in [5.74, 6) is -0.741. The van der Waals surface area contributed by atoms with Crippen molar-refractivity contribution >= 4 is 0 Å². The highest BCUT2D eigenvalue weighted by Crippen LogP contribution is 2.38. The van der Waals surface area contributed by atoms with Crippen molar-refractivity contribution in [2.24, 2.45) is 0 Å². The summed E-state index contributed by atoms with van der Waals surface area (Å²) in [5.41, 5.74) is 0. The van der Waals surface area contributed by atoms with E-state index in [0.717, 1.165) is 0 Å². The first kappa shape index (κ1) is 12.2. The van der Waals surface area contributed by atoms with E-state index in [0.29, 0.717) is 6.54 Å². The molecular weight excluding hydrogens is 214 g/mol. The van der Waals surface area contributed by atoms with Crippen LogP contribution in [0.25, 0.3) is 0 Å². The first-order valence-corrected chi connectivity index (χ1v) is 5.46. The topological polar surface area (TPSA) is 80.2 Å². The molecule has 94 valence electrons. The van der Waals surface area contributed by atoms with E-state index in [9.17, 15) is 10.2 Å². The van der Waals surface area contributed by atoms with Crippen molar-refractivity contribution in [1.82, 2.24) is 5.32 Å². The molecule has 6 nitrogen and oxygen atoms in total. The van der Waals surface area contributed by atoms with Gasteiger partial charge in [-0.2, -0.15) is 0 Å². The summed E-state index contributed by atoms with van der Waals surface area (Å²) in [6.45, 7) is 3.88. The zero-order chi connectivity index (χ0) is 11.9. The fraction of sp³-hybridized carbons (Fsp3) is 1.00. The molecule has 2 saturated heterocycles. The van der Waals surface area contributed by atoms with Crippen molar-refractivity contribution in [2.45, 2.75) is 50.3 Å². The largest absolute Gasteiger partial charge is 0.389 e. The molecule has 0 aromatic heterocycles. The maximum Gasteiger partial charge on any atom is 0.190 e. The minimum Gasteiger partial charge on any atom is -0.389 e. The van der Waals surface area contributed by atoms with Crippen molar-refractivity contribution in [3.8, 4) is 0 Å². The Hall–Kier alpha value is -0.240. The Morgan fingerprint density at radius 2 is 2.06 bits per heavy atom. The lowest BCUT2D eigenvalue weighted by Crippen LogP contribution is -2.44. The van der Waals surface area contributed by atoms with Crippen LogP contribution >= 0.6 is 0 Å². The summed E-state index contributed by atoms with van der Waals surface area (Å²) in [6.07, 6.45) is -3.43. The molecule has 0 radical (unpaired) electrons. The minimum absolute atomic E-state index is 0.352. The van der Waals surface area contributed by atoms with E-state index in [1.807, 2.05) is 0 Å². The van der Waals surface area contributed by atoms with E-state index in [1.165, 1.54) is 0 Å². The number of aliphatic hydroxyl groups is 2. The normalized spacial score (nSPS) is 43.3. The minimum atomic E-state index is -0.866. The molecule has 2 heterocycles. The molecule has 0 spiro atoms. The molecule has 2 aliphatic heterocycles. The number of fused-ring (bicyclic) bond motifs is 1. The van der Waals surface area contributed by atoms with Gasteiger partial charge in [0, 0.05) is 6.54 Å². The highest BCUT2D eigenvalue weighted by Gasteiger charge is 2.55. The lowest BCUT2D eigenvalue weighted by Gasteiger charge is -2.25. The summed E-state index contributed by atoms with van der Waals surface area (Å²) >= 11 is 0. The molecule has 0 saturated carbocycles. The van der Waals surface area contributed by atoms with Gasteiger partial charge in [0.25, 0.3) is 0 Å². The van der Waals surface area contributed by atoms with Crippen LogP contribution in [0.3, 0.4) is 0 Å². The van der Waals surface area contributed by atoms with Gasteiger partial charge < -0.3 is 29.7 Å². The molecule has 0 bridgehead atoms. The van der Waals surface area contributed by atoms with E-state index < -0.39 is 36.5 Å². The average molecular weight is 233 g/mol. The molecule has 5 atom stereocenters. The van der Waals surface area contributed by atoms with E-state index in [2.05, 4.69) is 5.32 Å². The number of ether oxygens (including phenoxy) is 3. The molecule has 0 amide bonds. The van der Waals surface area contributed by atoms with Crippen LogP contribution in [0.15, 0.2) is 0 Å². The molecule has 6 heteroatoms. The average Bonchev–Trinajstić information content (AvgIpc) is 2.62. The third-order valence-electron chi connectivity index (χ3n) is 2.85. The molecule has 0 aromatic carbocycles. The Morgan fingerprint density at radius 1 is 1.38 bits per heavy atom. The van der Waals surface area contributed by atoms with Crippen LogP contribution in [0.2, 0.25) is 0 Å². The van der Waals surface area contributed by atoms with E-state index >= 15 is 0 Å². The Morgan fingerprint density at radius 3 is 2.62 bits per heavy atom. The van der Waals surface area contributed by atoms with E-state index in [1.54, 1.807) is 20.9 Å². The summed E-state index contributed by atoms with van der Waals surface area (Å²) in [7, 11) is 1.72. The number of hydrogen-bond acceptors (Lipinski definition) is 6. The van der Waals surface area contributed by atoms with Crippen molar-refractivity contribution in [3.63, 3.8) is 0 Å². The van der Waals surface area contributed by atoms with Gasteiger partial charge in [-0.05, 0) is 20.9 Å². The lowest BCUT2D eigenvalue weighted by atomic mass is 10.1. The van der Waals surface area contributed by atoms with Crippen molar-refractivity contribution in [3.05, 3.63) is 0 Å². The maximum absolute atomic E-state index is 9.97. The second-order valence-corrected chi connectivity index (χ2v) is 4.68. The smallest absolute Gasteiger partial charge is 0.190 e. The monoisotopic (exact) mass is 233 g/mol.